The van der Waals surface area contributed by atoms with E-state index in [1.807, 2.05) is 18.2 Å². The quantitative estimate of drug-likeness (QED) is 0.885. The Morgan fingerprint density at radius 2 is 1.90 bits per heavy atom. The van der Waals surface area contributed by atoms with Crippen molar-refractivity contribution in [2.75, 3.05) is 5.32 Å². The van der Waals surface area contributed by atoms with Gasteiger partial charge in [-0.3, -0.25) is 4.79 Å². The number of nitrogens with one attached hydrogen (secondary N) is 1. The number of carbonyl (C=O) groups is 1. The second-order valence-corrected chi connectivity index (χ2v) is 6.33. The Hall–Kier alpha value is -2.08. The summed E-state index contributed by atoms with van der Waals surface area (Å²) in [5.74, 6) is -0.0601. The SMILES string of the molecule is Cc1ccc(NC2=C(C#N)C(=O)CC(C)(C)C2)cc1C. The molecule has 0 bridgehead atoms. The third-order valence-corrected chi connectivity index (χ3v) is 3.79. The minimum Gasteiger partial charge on any atom is -0.358 e. The number of ketones is 1. The molecule has 1 aromatic rings. The molecule has 0 amide bonds. The molecule has 0 atom stereocenters. The molecule has 0 aliphatic heterocycles. The highest BCUT2D eigenvalue weighted by Crippen LogP contribution is 2.37. The van der Waals surface area contributed by atoms with E-state index in [1.165, 1.54) is 11.1 Å². The summed E-state index contributed by atoms with van der Waals surface area (Å²) >= 11 is 0. The van der Waals surface area contributed by atoms with E-state index in [-0.39, 0.29) is 16.8 Å². The maximum absolute atomic E-state index is 12.0. The van der Waals surface area contributed by atoms with E-state index >= 15 is 0 Å². The van der Waals surface area contributed by atoms with Crippen LogP contribution < -0.4 is 5.32 Å². The third-order valence-electron chi connectivity index (χ3n) is 3.79. The molecular weight excluding hydrogens is 248 g/mol. The smallest absolute Gasteiger partial charge is 0.175 e. The molecule has 0 heterocycles. The minimum absolute atomic E-state index is 0.0601. The molecule has 0 saturated carbocycles. The number of hydrogen-bond acceptors (Lipinski definition) is 3. The molecule has 1 aromatic carbocycles. The average molecular weight is 268 g/mol. The number of nitriles is 1. The van der Waals surface area contributed by atoms with Crippen LogP contribution in [0, 0.1) is 30.6 Å². The first-order chi connectivity index (χ1) is 9.32. The fourth-order valence-corrected chi connectivity index (χ4v) is 2.55. The number of anilines is 1. The van der Waals surface area contributed by atoms with Crippen molar-refractivity contribution in [3.05, 3.63) is 40.6 Å². The number of benzene rings is 1. The average Bonchev–Trinajstić information content (AvgIpc) is 2.32. The van der Waals surface area contributed by atoms with Crippen LogP contribution in [-0.2, 0) is 4.79 Å². The predicted molar refractivity (Wildman–Crippen MR) is 80.2 cm³/mol. The summed E-state index contributed by atoms with van der Waals surface area (Å²) in [6.07, 6.45) is 1.16. The van der Waals surface area contributed by atoms with Gasteiger partial charge in [0.1, 0.15) is 11.6 Å². The minimum atomic E-state index is -0.0977. The van der Waals surface area contributed by atoms with Gasteiger partial charge in [0.25, 0.3) is 0 Å². The van der Waals surface area contributed by atoms with Gasteiger partial charge in [0.2, 0.25) is 0 Å². The van der Waals surface area contributed by atoms with Gasteiger partial charge in [0.05, 0.1) is 0 Å². The summed E-state index contributed by atoms with van der Waals surface area (Å²) in [5.41, 5.74) is 4.28. The van der Waals surface area contributed by atoms with E-state index in [1.54, 1.807) is 0 Å². The molecule has 0 fully saturated rings. The van der Waals surface area contributed by atoms with E-state index in [9.17, 15) is 10.1 Å². The predicted octanol–water partition coefficient (Wildman–Crippen LogP) is 3.88. The maximum Gasteiger partial charge on any atom is 0.175 e. The van der Waals surface area contributed by atoms with Gasteiger partial charge in [0.15, 0.2) is 5.78 Å². The summed E-state index contributed by atoms with van der Waals surface area (Å²) in [4.78, 5) is 12.0. The molecule has 0 spiro atoms. The van der Waals surface area contributed by atoms with Crippen LogP contribution in [-0.4, -0.2) is 5.78 Å². The molecule has 0 saturated heterocycles. The fraction of sp³-hybridized carbons (Fsp3) is 0.412. The fourth-order valence-electron chi connectivity index (χ4n) is 2.55. The first-order valence-corrected chi connectivity index (χ1v) is 6.83. The Labute approximate surface area is 120 Å². The molecular formula is C17H20N2O. The first-order valence-electron chi connectivity index (χ1n) is 6.83. The van der Waals surface area contributed by atoms with Crippen molar-refractivity contribution in [1.82, 2.24) is 0 Å². The second-order valence-electron chi connectivity index (χ2n) is 6.33. The maximum atomic E-state index is 12.0. The third kappa shape index (κ3) is 2.91. The largest absolute Gasteiger partial charge is 0.358 e. The monoisotopic (exact) mass is 268 g/mol. The molecule has 3 nitrogen and oxygen atoms in total. The lowest BCUT2D eigenvalue weighted by molar-refractivity contribution is -0.117. The lowest BCUT2D eigenvalue weighted by atomic mass is 9.76. The van der Waals surface area contributed by atoms with E-state index in [2.05, 4.69) is 39.1 Å². The van der Waals surface area contributed by atoms with Crippen molar-refractivity contribution in [3.8, 4) is 6.07 Å². The summed E-state index contributed by atoms with van der Waals surface area (Å²) in [5, 5.41) is 12.5. The van der Waals surface area contributed by atoms with Gasteiger partial charge in [0, 0.05) is 17.8 Å². The molecule has 0 radical (unpaired) electrons. The van der Waals surface area contributed by atoms with Crippen LogP contribution in [0.15, 0.2) is 29.5 Å². The van der Waals surface area contributed by atoms with Crippen molar-refractivity contribution < 1.29 is 4.79 Å². The van der Waals surface area contributed by atoms with Crippen molar-refractivity contribution in [2.45, 2.75) is 40.5 Å². The van der Waals surface area contributed by atoms with Crippen LogP contribution in [0.2, 0.25) is 0 Å². The highest BCUT2D eigenvalue weighted by atomic mass is 16.1. The summed E-state index contributed by atoms with van der Waals surface area (Å²) in [7, 11) is 0. The zero-order valence-electron chi connectivity index (χ0n) is 12.5. The standard InChI is InChI=1S/C17H20N2O/c1-11-5-6-13(7-12(11)2)19-15-8-17(3,4)9-16(20)14(15)10-18/h5-7,19H,8-9H2,1-4H3. The number of rotatable bonds is 2. The highest BCUT2D eigenvalue weighted by molar-refractivity contribution is 6.01. The molecule has 104 valence electrons. The molecule has 20 heavy (non-hydrogen) atoms. The van der Waals surface area contributed by atoms with Crippen LogP contribution in [0.5, 0.6) is 0 Å². The van der Waals surface area contributed by atoms with E-state index in [0.717, 1.165) is 11.4 Å². The molecule has 1 aliphatic rings. The highest BCUT2D eigenvalue weighted by Gasteiger charge is 2.33. The summed E-state index contributed by atoms with van der Waals surface area (Å²) in [6.45, 7) is 8.23. The molecule has 0 aromatic heterocycles. The van der Waals surface area contributed by atoms with Gasteiger partial charge in [-0.05, 0) is 48.9 Å². The van der Waals surface area contributed by atoms with Gasteiger partial charge in [-0.2, -0.15) is 5.26 Å². The topological polar surface area (TPSA) is 52.9 Å². The molecule has 0 unspecified atom stereocenters. The normalized spacial score (nSPS) is 17.9. The molecule has 1 N–H and O–H groups in total. The summed E-state index contributed by atoms with van der Waals surface area (Å²) in [6, 6.07) is 8.12. The van der Waals surface area contributed by atoms with Gasteiger partial charge in [-0.25, -0.2) is 0 Å². The van der Waals surface area contributed by atoms with E-state index in [0.29, 0.717) is 12.8 Å². The number of carbonyl (C=O) groups excluding carboxylic acids is 1. The van der Waals surface area contributed by atoms with Gasteiger partial charge in [-0.15, -0.1) is 0 Å². The van der Waals surface area contributed by atoms with Crippen LogP contribution in [0.3, 0.4) is 0 Å². The van der Waals surface area contributed by atoms with Crippen LogP contribution in [0.4, 0.5) is 5.69 Å². The van der Waals surface area contributed by atoms with Crippen molar-refractivity contribution in [2.24, 2.45) is 5.41 Å². The van der Waals surface area contributed by atoms with E-state index in [4.69, 9.17) is 0 Å². The van der Waals surface area contributed by atoms with E-state index < -0.39 is 0 Å². The van der Waals surface area contributed by atoms with Crippen LogP contribution in [0.1, 0.15) is 37.8 Å². The number of hydrogen-bond donors (Lipinski definition) is 1. The number of allylic oxidation sites excluding steroid dienone is 2. The Balaban J connectivity index is 2.36. The number of Topliss-reactive ketones (excluding diaryl/α,β-unsaturated/α-hetero) is 1. The molecule has 3 heteroatoms. The van der Waals surface area contributed by atoms with Gasteiger partial charge < -0.3 is 5.32 Å². The van der Waals surface area contributed by atoms with Crippen LogP contribution in [0.25, 0.3) is 0 Å². The number of nitrogens with zero attached hydrogens (tertiary/aromatic N) is 1. The zero-order chi connectivity index (χ0) is 14.9. The van der Waals surface area contributed by atoms with Crippen molar-refractivity contribution in [1.29, 1.82) is 5.26 Å². The van der Waals surface area contributed by atoms with Crippen molar-refractivity contribution in [3.63, 3.8) is 0 Å². The number of aryl methyl sites for hydroxylation is 2. The Morgan fingerprint density at radius 1 is 1.20 bits per heavy atom. The van der Waals surface area contributed by atoms with Gasteiger partial charge in [-0.1, -0.05) is 19.9 Å². The van der Waals surface area contributed by atoms with Crippen LogP contribution >= 0.6 is 0 Å². The summed E-state index contributed by atoms with van der Waals surface area (Å²) < 4.78 is 0. The zero-order valence-corrected chi connectivity index (χ0v) is 12.5. The Bertz CT molecular complexity index is 633. The van der Waals surface area contributed by atoms with Crippen molar-refractivity contribution >= 4 is 11.5 Å². The first kappa shape index (κ1) is 14.3. The lowest BCUT2D eigenvalue weighted by Gasteiger charge is -2.30. The second kappa shape index (κ2) is 5.13. The molecule has 1 aliphatic carbocycles. The van der Waals surface area contributed by atoms with Gasteiger partial charge >= 0.3 is 0 Å². The Kier molecular flexibility index (Phi) is 3.67. The Morgan fingerprint density at radius 3 is 2.50 bits per heavy atom. The lowest BCUT2D eigenvalue weighted by Crippen LogP contribution is -2.28. The molecule has 2 rings (SSSR count).